The molecule has 0 radical (unpaired) electrons. The number of carbonyl (C=O) groups is 2. The van der Waals surface area contributed by atoms with E-state index >= 15 is 4.79 Å². The number of carbonyl (C=O) groups excluding carboxylic acids is 2. The van der Waals surface area contributed by atoms with Crippen molar-refractivity contribution in [1.29, 1.82) is 5.26 Å². The van der Waals surface area contributed by atoms with Crippen molar-refractivity contribution < 1.29 is 27.5 Å². The topological polar surface area (TPSA) is 136 Å². The van der Waals surface area contributed by atoms with E-state index in [-0.39, 0.29) is 33.9 Å². The summed E-state index contributed by atoms with van der Waals surface area (Å²) in [5.41, 5.74) is -1.36. The second-order valence-corrected chi connectivity index (χ2v) is 14.6. The zero-order valence-electron chi connectivity index (χ0n) is 28.8. The first-order chi connectivity index (χ1) is 24.2. The lowest BCUT2D eigenvalue weighted by atomic mass is 9.82. The molecular formula is C37H44N6O6S. The summed E-state index contributed by atoms with van der Waals surface area (Å²) in [5, 5.41) is 12.9. The number of fused-ring (bicyclic) bond motifs is 1. The van der Waals surface area contributed by atoms with E-state index in [9.17, 15) is 18.5 Å². The van der Waals surface area contributed by atoms with E-state index in [4.69, 9.17) is 9.47 Å². The quantitative estimate of drug-likeness (QED) is 0.331. The summed E-state index contributed by atoms with van der Waals surface area (Å²) in [5.74, 6) is -0.147. The molecule has 3 heterocycles. The number of piperidine rings is 1. The van der Waals surface area contributed by atoms with E-state index in [1.165, 1.54) is 49.6 Å². The Kier molecular flexibility index (Phi) is 10.3. The molecule has 0 aliphatic carbocycles. The van der Waals surface area contributed by atoms with Crippen LogP contribution in [0.25, 0.3) is 0 Å². The van der Waals surface area contributed by atoms with E-state index < -0.39 is 27.5 Å². The van der Waals surface area contributed by atoms with Gasteiger partial charge in [0.05, 0.1) is 35.9 Å². The number of para-hydroxylation sites is 1. The molecular weight excluding hydrogens is 657 g/mol. The number of ether oxygens (including phenoxy) is 2. The molecule has 0 aromatic heterocycles. The highest BCUT2D eigenvalue weighted by Crippen LogP contribution is 2.49. The minimum Gasteiger partial charge on any atom is -0.497 e. The maximum atomic E-state index is 15.1. The number of piperazine rings is 1. The lowest BCUT2D eigenvalue weighted by Gasteiger charge is -2.43. The summed E-state index contributed by atoms with van der Waals surface area (Å²) in [4.78, 5) is 36.0. The maximum absolute atomic E-state index is 15.1. The van der Waals surface area contributed by atoms with E-state index in [0.717, 1.165) is 56.3 Å². The molecule has 50 heavy (non-hydrogen) atoms. The Morgan fingerprint density at radius 2 is 1.66 bits per heavy atom. The smallest absolute Gasteiger partial charge is 0.318 e. The number of hydrogen-bond donors (Lipinski definition) is 1. The van der Waals surface area contributed by atoms with Crippen LogP contribution in [0.1, 0.15) is 49.8 Å². The minimum atomic E-state index is -4.51. The summed E-state index contributed by atoms with van der Waals surface area (Å²) in [6.45, 7) is 10.4. The van der Waals surface area contributed by atoms with Crippen LogP contribution in [0.4, 0.5) is 10.5 Å². The highest BCUT2D eigenvalue weighted by atomic mass is 32.2. The van der Waals surface area contributed by atoms with Crippen molar-refractivity contribution in [2.45, 2.75) is 49.6 Å². The number of benzene rings is 3. The lowest BCUT2D eigenvalue weighted by molar-refractivity contribution is -0.121. The number of nitrogens with zero attached hydrogens (tertiary/aromatic N) is 5. The number of urea groups is 1. The number of amides is 3. The van der Waals surface area contributed by atoms with Crippen LogP contribution in [-0.4, -0.2) is 101 Å². The van der Waals surface area contributed by atoms with Gasteiger partial charge in [-0.1, -0.05) is 25.1 Å². The van der Waals surface area contributed by atoms with E-state index in [1.54, 1.807) is 36.1 Å². The SMILES string of the molecule is CCCN1CCN(C2CCN(C(=O)NC3(c4ccccc4OCC)C(=O)N(S(=O)(=O)c4ccc(OC)cc4)c4ccc(C#N)cc43)CC2)CC1. The van der Waals surface area contributed by atoms with Gasteiger partial charge < -0.3 is 24.6 Å². The molecule has 0 saturated carbocycles. The van der Waals surface area contributed by atoms with E-state index in [2.05, 4.69) is 28.1 Å². The van der Waals surface area contributed by atoms with Crippen LogP contribution in [0.5, 0.6) is 11.5 Å². The summed E-state index contributed by atoms with van der Waals surface area (Å²) in [7, 11) is -3.03. The van der Waals surface area contributed by atoms with Crippen molar-refractivity contribution in [3.63, 3.8) is 0 Å². The van der Waals surface area contributed by atoms with Crippen LogP contribution in [0.2, 0.25) is 0 Å². The van der Waals surface area contributed by atoms with Crippen molar-refractivity contribution in [3.8, 4) is 17.6 Å². The molecule has 3 aliphatic rings. The first kappa shape index (κ1) is 35.2. The zero-order valence-corrected chi connectivity index (χ0v) is 29.6. The normalized spacial score (nSPS) is 20.3. The Labute approximate surface area is 294 Å². The molecule has 12 nitrogen and oxygen atoms in total. The number of hydrogen-bond acceptors (Lipinski definition) is 9. The Morgan fingerprint density at radius 3 is 2.30 bits per heavy atom. The Balaban J connectivity index is 1.38. The number of sulfonamides is 1. The molecule has 2 fully saturated rings. The van der Waals surface area contributed by atoms with Gasteiger partial charge in [-0.3, -0.25) is 9.69 Å². The van der Waals surface area contributed by atoms with Gasteiger partial charge >= 0.3 is 6.03 Å². The van der Waals surface area contributed by atoms with Crippen LogP contribution in [-0.2, 0) is 20.4 Å². The number of nitrogens with one attached hydrogen (secondary N) is 1. The zero-order chi connectivity index (χ0) is 35.5. The first-order valence-corrected chi connectivity index (χ1v) is 18.7. The fourth-order valence-electron chi connectivity index (χ4n) is 7.40. The highest BCUT2D eigenvalue weighted by Gasteiger charge is 2.58. The Morgan fingerprint density at radius 1 is 0.960 bits per heavy atom. The van der Waals surface area contributed by atoms with Gasteiger partial charge in [0.25, 0.3) is 15.9 Å². The predicted molar refractivity (Wildman–Crippen MR) is 189 cm³/mol. The Bertz CT molecular complexity index is 1860. The fourth-order valence-corrected chi connectivity index (χ4v) is 8.86. The van der Waals surface area contributed by atoms with Crippen LogP contribution in [0, 0.1) is 11.3 Å². The van der Waals surface area contributed by atoms with Crippen LogP contribution in [0.3, 0.4) is 0 Å². The molecule has 13 heteroatoms. The van der Waals surface area contributed by atoms with Crippen LogP contribution < -0.4 is 19.1 Å². The molecule has 264 valence electrons. The summed E-state index contributed by atoms with van der Waals surface area (Å²) >= 11 is 0. The van der Waals surface area contributed by atoms with Gasteiger partial charge in [0.2, 0.25) is 0 Å². The van der Waals surface area contributed by atoms with Gasteiger partial charge in [0, 0.05) is 56.4 Å². The van der Waals surface area contributed by atoms with Crippen molar-refractivity contribution >= 4 is 27.6 Å². The highest BCUT2D eigenvalue weighted by molar-refractivity contribution is 7.93. The molecule has 2 saturated heterocycles. The number of rotatable bonds is 10. The summed E-state index contributed by atoms with van der Waals surface area (Å²) in [6, 6.07) is 18.9. The van der Waals surface area contributed by atoms with Crippen molar-refractivity contribution in [2.75, 3.05) is 63.8 Å². The molecule has 0 bridgehead atoms. The monoisotopic (exact) mass is 700 g/mol. The summed E-state index contributed by atoms with van der Waals surface area (Å²) < 4.78 is 40.7. The fraction of sp³-hybridized carbons (Fsp3) is 0.432. The second kappa shape index (κ2) is 14.7. The van der Waals surface area contributed by atoms with E-state index in [0.29, 0.717) is 30.6 Å². The van der Waals surface area contributed by atoms with Gasteiger partial charge in [0.15, 0.2) is 5.54 Å². The number of methoxy groups -OCH3 is 1. The number of likely N-dealkylation sites (tertiary alicyclic amines) is 1. The largest absolute Gasteiger partial charge is 0.497 e. The third-order valence-corrected chi connectivity index (χ3v) is 11.7. The van der Waals surface area contributed by atoms with Gasteiger partial charge in [-0.2, -0.15) is 9.57 Å². The van der Waals surface area contributed by atoms with Gasteiger partial charge in [-0.05, 0) is 81.3 Å². The molecule has 1 N–H and O–H groups in total. The van der Waals surface area contributed by atoms with E-state index in [1.807, 2.05) is 0 Å². The van der Waals surface area contributed by atoms with Gasteiger partial charge in [-0.15, -0.1) is 0 Å². The van der Waals surface area contributed by atoms with Gasteiger partial charge in [0.1, 0.15) is 11.5 Å². The predicted octanol–water partition coefficient (Wildman–Crippen LogP) is 4.15. The average Bonchev–Trinajstić information content (AvgIpc) is 3.39. The van der Waals surface area contributed by atoms with Gasteiger partial charge in [-0.25, -0.2) is 13.2 Å². The standard InChI is InChI=1S/C37H44N6O6S/c1-4-18-40-21-23-41(24-22-40)28-16-19-42(20-17-28)36(45)39-37(31-8-6-7-9-34(31)49-5-2)32-25-27(26-38)10-15-33(32)43(35(37)44)50(46,47)30-13-11-29(48-3)12-14-30/h6-15,25,28H,4-5,16-24H2,1-3H3,(H,39,45). The van der Waals surface area contributed by atoms with Crippen LogP contribution in [0.15, 0.2) is 71.6 Å². The molecule has 3 aromatic rings. The Hall–Kier alpha value is -4.64. The molecule has 3 aromatic carbocycles. The lowest BCUT2D eigenvalue weighted by Crippen LogP contribution is -2.59. The van der Waals surface area contributed by atoms with Crippen LogP contribution >= 0.6 is 0 Å². The molecule has 3 amide bonds. The third kappa shape index (κ3) is 6.39. The molecule has 1 unspecified atom stereocenters. The average molecular weight is 701 g/mol. The summed E-state index contributed by atoms with van der Waals surface area (Å²) in [6.07, 6.45) is 2.70. The second-order valence-electron chi connectivity index (χ2n) is 12.8. The maximum Gasteiger partial charge on any atom is 0.318 e. The molecule has 1 atom stereocenters. The van der Waals surface area contributed by atoms with Crippen molar-refractivity contribution in [3.05, 3.63) is 83.4 Å². The van der Waals surface area contributed by atoms with Crippen molar-refractivity contribution in [1.82, 2.24) is 20.0 Å². The molecule has 6 rings (SSSR count). The minimum absolute atomic E-state index is 0.0392. The molecule has 0 spiro atoms. The first-order valence-electron chi connectivity index (χ1n) is 17.2. The molecule has 3 aliphatic heterocycles. The number of nitriles is 1. The van der Waals surface area contributed by atoms with Crippen molar-refractivity contribution in [2.24, 2.45) is 0 Å². The number of anilines is 1. The third-order valence-electron chi connectivity index (χ3n) is 9.95.